The molecule has 104 valence electrons. The van der Waals surface area contributed by atoms with Crippen LogP contribution in [0.4, 0.5) is 4.39 Å². The van der Waals surface area contributed by atoms with Gasteiger partial charge in [0.05, 0.1) is 11.6 Å². The van der Waals surface area contributed by atoms with Crippen molar-refractivity contribution in [1.82, 2.24) is 20.2 Å². The van der Waals surface area contributed by atoms with Gasteiger partial charge in [-0.15, -0.1) is 5.10 Å². The molecule has 2 aromatic rings. The molecule has 8 heteroatoms. The number of rotatable bonds is 5. The molecule has 0 radical (unpaired) electrons. The number of aromatic nitrogens is 4. The minimum atomic E-state index is -1.27. The van der Waals surface area contributed by atoms with Gasteiger partial charge in [-0.25, -0.2) is 13.9 Å². The first-order chi connectivity index (χ1) is 9.66. The number of benzene rings is 1. The Morgan fingerprint density at radius 2 is 2.30 bits per heavy atom. The zero-order valence-corrected chi connectivity index (χ0v) is 11.2. The summed E-state index contributed by atoms with van der Waals surface area (Å²) in [6, 6.07) is 4.70. The molecule has 0 atom stereocenters. The third-order valence-corrected chi connectivity index (χ3v) is 4.00. The van der Waals surface area contributed by atoms with Crippen LogP contribution in [-0.2, 0) is 5.75 Å². The first-order valence-electron chi connectivity index (χ1n) is 6.08. The Labute approximate surface area is 118 Å². The highest BCUT2D eigenvalue weighted by molar-refractivity contribution is 7.98. The summed E-state index contributed by atoms with van der Waals surface area (Å²) in [5.74, 6) is -1.67. The Bertz CT molecular complexity index is 657. The molecule has 1 N–H and O–H groups in total. The molecule has 1 saturated carbocycles. The van der Waals surface area contributed by atoms with Crippen LogP contribution < -0.4 is 0 Å². The minimum Gasteiger partial charge on any atom is -0.478 e. The zero-order valence-electron chi connectivity index (χ0n) is 10.4. The highest BCUT2D eigenvalue weighted by Gasteiger charge is 2.28. The van der Waals surface area contributed by atoms with Crippen LogP contribution in [0.3, 0.4) is 0 Å². The van der Waals surface area contributed by atoms with E-state index in [1.54, 1.807) is 10.7 Å². The lowest BCUT2D eigenvalue weighted by molar-refractivity contribution is 0.0691. The van der Waals surface area contributed by atoms with E-state index in [9.17, 15) is 9.18 Å². The van der Waals surface area contributed by atoms with Crippen LogP contribution in [0.25, 0.3) is 0 Å². The highest BCUT2D eigenvalue weighted by atomic mass is 32.2. The van der Waals surface area contributed by atoms with E-state index < -0.39 is 11.8 Å². The number of carboxylic acids is 1. The zero-order chi connectivity index (χ0) is 14.1. The van der Waals surface area contributed by atoms with E-state index >= 15 is 0 Å². The van der Waals surface area contributed by atoms with Crippen molar-refractivity contribution in [2.45, 2.75) is 29.8 Å². The molecule has 6 nitrogen and oxygen atoms in total. The Kier molecular flexibility index (Phi) is 3.39. The van der Waals surface area contributed by atoms with Crippen molar-refractivity contribution in [1.29, 1.82) is 0 Å². The van der Waals surface area contributed by atoms with Crippen molar-refractivity contribution >= 4 is 17.7 Å². The first-order valence-corrected chi connectivity index (χ1v) is 7.06. The number of carbonyl (C=O) groups is 1. The summed E-state index contributed by atoms with van der Waals surface area (Å²) in [5, 5.41) is 20.9. The van der Waals surface area contributed by atoms with Crippen molar-refractivity contribution < 1.29 is 14.3 Å². The summed E-state index contributed by atoms with van der Waals surface area (Å²) < 4.78 is 15.7. The molecule has 0 saturated heterocycles. The summed E-state index contributed by atoms with van der Waals surface area (Å²) in [7, 11) is 0. The molecular formula is C12H11FN4O2S. The second kappa shape index (κ2) is 5.20. The molecule has 1 aromatic heterocycles. The summed E-state index contributed by atoms with van der Waals surface area (Å²) in [5.41, 5.74) is 0.0186. The number of nitrogens with zero attached hydrogens (tertiary/aromatic N) is 4. The number of hydrogen-bond donors (Lipinski definition) is 1. The maximum atomic E-state index is 14.0. The van der Waals surface area contributed by atoms with Gasteiger partial charge < -0.3 is 5.11 Å². The molecule has 3 rings (SSSR count). The second-order valence-electron chi connectivity index (χ2n) is 4.51. The molecule has 1 fully saturated rings. The van der Waals surface area contributed by atoms with E-state index in [0.717, 1.165) is 12.8 Å². The first kappa shape index (κ1) is 13.0. The van der Waals surface area contributed by atoms with Gasteiger partial charge in [0.2, 0.25) is 5.16 Å². The van der Waals surface area contributed by atoms with Crippen LogP contribution in [0.15, 0.2) is 23.4 Å². The smallest absolute Gasteiger partial charge is 0.338 e. The monoisotopic (exact) mass is 294 g/mol. The van der Waals surface area contributed by atoms with Crippen molar-refractivity contribution in [3.63, 3.8) is 0 Å². The molecule has 0 amide bonds. The molecule has 0 aliphatic heterocycles. The fourth-order valence-corrected chi connectivity index (χ4v) is 2.75. The van der Waals surface area contributed by atoms with Gasteiger partial charge in [0.25, 0.3) is 0 Å². The standard InChI is InChI=1S/C12H11FN4O2S/c13-10-7(2-1-3-9(10)11(18)19)6-20-12-14-15-16-17(12)8-4-5-8/h1-3,8H,4-6H2,(H,18,19). The lowest BCUT2D eigenvalue weighted by Gasteiger charge is -2.05. The maximum Gasteiger partial charge on any atom is 0.338 e. The summed E-state index contributed by atoms with van der Waals surface area (Å²) in [6.45, 7) is 0. The molecule has 0 unspecified atom stereocenters. The topological polar surface area (TPSA) is 80.9 Å². The normalized spacial score (nSPS) is 14.4. The van der Waals surface area contributed by atoms with Gasteiger partial charge in [0, 0.05) is 5.75 Å². The van der Waals surface area contributed by atoms with E-state index in [0.29, 0.717) is 22.5 Å². The van der Waals surface area contributed by atoms with Crippen molar-refractivity contribution in [2.75, 3.05) is 0 Å². The Morgan fingerprint density at radius 1 is 1.50 bits per heavy atom. The van der Waals surface area contributed by atoms with Crippen LogP contribution in [0.2, 0.25) is 0 Å². The maximum absolute atomic E-state index is 14.0. The lowest BCUT2D eigenvalue weighted by atomic mass is 10.1. The van der Waals surface area contributed by atoms with E-state index in [1.807, 2.05) is 0 Å². The van der Waals surface area contributed by atoms with Gasteiger partial charge in [-0.05, 0) is 34.9 Å². The second-order valence-corrected chi connectivity index (χ2v) is 5.45. The van der Waals surface area contributed by atoms with Crippen molar-refractivity contribution in [3.8, 4) is 0 Å². The molecule has 0 bridgehead atoms. The molecule has 20 heavy (non-hydrogen) atoms. The minimum absolute atomic E-state index is 0.292. The summed E-state index contributed by atoms with van der Waals surface area (Å²) in [6.07, 6.45) is 2.11. The predicted molar refractivity (Wildman–Crippen MR) is 69.0 cm³/mol. The van der Waals surface area contributed by atoms with Gasteiger partial charge in [-0.3, -0.25) is 0 Å². The summed E-state index contributed by atoms with van der Waals surface area (Å²) in [4.78, 5) is 10.9. The highest BCUT2D eigenvalue weighted by Crippen LogP contribution is 2.37. The van der Waals surface area contributed by atoms with Gasteiger partial charge in [-0.1, -0.05) is 23.9 Å². The van der Waals surface area contributed by atoms with Gasteiger partial charge >= 0.3 is 5.97 Å². The van der Waals surface area contributed by atoms with E-state index in [2.05, 4.69) is 15.5 Å². The van der Waals surface area contributed by atoms with Crippen LogP contribution >= 0.6 is 11.8 Å². The number of carboxylic acid groups (broad SMARTS) is 1. The van der Waals surface area contributed by atoms with Crippen molar-refractivity contribution in [3.05, 3.63) is 35.1 Å². The molecular weight excluding hydrogens is 283 g/mol. The third kappa shape index (κ3) is 2.51. The van der Waals surface area contributed by atoms with E-state index in [1.165, 1.54) is 23.9 Å². The molecule has 1 heterocycles. The van der Waals surface area contributed by atoms with Crippen molar-refractivity contribution in [2.24, 2.45) is 0 Å². The Hall–Kier alpha value is -1.96. The fourth-order valence-electron chi connectivity index (χ4n) is 1.83. The average Bonchev–Trinajstić information content (AvgIpc) is 3.16. The Balaban J connectivity index is 1.76. The van der Waals surface area contributed by atoms with Crippen LogP contribution in [-0.4, -0.2) is 31.3 Å². The van der Waals surface area contributed by atoms with Gasteiger partial charge in [0.1, 0.15) is 5.82 Å². The molecule has 1 aliphatic rings. The predicted octanol–water partition coefficient (Wildman–Crippen LogP) is 2.14. The largest absolute Gasteiger partial charge is 0.478 e. The fraction of sp³-hybridized carbons (Fsp3) is 0.333. The number of halogens is 1. The molecule has 1 aliphatic carbocycles. The third-order valence-electron chi connectivity index (χ3n) is 3.02. The van der Waals surface area contributed by atoms with Crippen LogP contribution in [0.5, 0.6) is 0 Å². The average molecular weight is 294 g/mol. The number of tetrazole rings is 1. The summed E-state index contributed by atoms with van der Waals surface area (Å²) >= 11 is 1.30. The molecule has 1 aromatic carbocycles. The van der Waals surface area contributed by atoms with E-state index in [-0.39, 0.29) is 5.56 Å². The number of hydrogen-bond acceptors (Lipinski definition) is 5. The number of thioether (sulfide) groups is 1. The number of aromatic carboxylic acids is 1. The van der Waals surface area contributed by atoms with Gasteiger partial charge in [-0.2, -0.15) is 0 Å². The lowest BCUT2D eigenvalue weighted by Crippen LogP contribution is -2.03. The van der Waals surface area contributed by atoms with E-state index in [4.69, 9.17) is 5.11 Å². The SMILES string of the molecule is O=C(O)c1cccc(CSc2nnnn2C2CC2)c1F. The van der Waals surface area contributed by atoms with Crippen LogP contribution in [0, 0.1) is 5.82 Å². The Morgan fingerprint density at radius 3 is 3.00 bits per heavy atom. The van der Waals surface area contributed by atoms with Crippen LogP contribution in [0.1, 0.15) is 34.8 Å². The quantitative estimate of drug-likeness (QED) is 0.851. The molecule has 0 spiro atoms. The van der Waals surface area contributed by atoms with Gasteiger partial charge in [0.15, 0.2) is 0 Å².